The van der Waals surface area contributed by atoms with Crippen LogP contribution in [0, 0.1) is 5.41 Å². The molecule has 5 rings (SSSR count). The van der Waals surface area contributed by atoms with Crippen molar-refractivity contribution in [3.05, 3.63) is 65.4 Å². The van der Waals surface area contributed by atoms with Crippen molar-refractivity contribution >= 4 is 28.5 Å². The van der Waals surface area contributed by atoms with Crippen LogP contribution in [-0.4, -0.2) is 28.1 Å². The number of carbonyl (C=O) groups is 2. The number of benzene rings is 2. The molecule has 2 heterocycles. The van der Waals surface area contributed by atoms with Crippen LogP contribution < -0.4 is 4.90 Å². The molecule has 5 nitrogen and oxygen atoms in total. The molecule has 2 aromatic carbocycles. The molecule has 0 saturated heterocycles. The number of carboxylic acid groups (broad SMARTS) is 1. The summed E-state index contributed by atoms with van der Waals surface area (Å²) in [6.45, 7) is 2.82. The summed E-state index contributed by atoms with van der Waals surface area (Å²) in [5.41, 5.74) is 5.04. The number of nitrogens with zero attached hydrogens (tertiary/aromatic N) is 2. The summed E-state index contributed by atoms with van der Waals surface area (Å²) in [6.07, 6.45) is 3.84. The van der Waals surface area contributed by atoms with E-state index in [0.29, 0.717) is 6.42 Å². The number of fused-ring (bicyclic) bond motifs is 4. The highest BCUT2D eigenvalue weighted by atomic mass is 16.4. The van der Waals surface area contributed by atoms with Crippen LogP contribution in [0.3, 0.4) is 0 Å². The molecule has 0 spiro atoms. The predicted molar refractivity (Wildman–Crippen MR) is 117 cm³/mol. The van der Waals surface area contributed by atoms with Gasteiger partial charge in [-0.15, -0.1) is 0 Å². The Morgan fingerprint density at radius 3 is 2.63 bits per heavy atom. The number of carboxylic acids is 1. The number of hydrogen-bond donors (Lipinski definition) is 1. The van der Waals surface area contributed by atoms with Gasteiger partial charge < -0.3 is 14.6 Å². The first kappa shape index (κ1) is 18.9. The highest BCUT2D eigenvalue weighted by Gasteiger charge is 2.45. The molecule has 5 heteroatoms. The molecule has 0 saturated carbocycles. The minimum absolute atomic E-state index is 0.0393. The summed E-state index contributed by atoms with van der Waals surface area (Å²) >= 11 is 0. The molecule has 30 heavy (non-hydrogen) atoms. The van der Waals surface area contributed by atoms with Crippen molar-refractivity contribution < 1.29 is 14.7 Å². The second-order valence-corrected chi connectivity index (χ2v) is 8.57. The summed E-state index contributed by atoms with van der Waals surface area (Å²) in [6, 6.07) is 16.2. The number of amides is 1. The third-order valence-electron chi connectivity index (χ3n) is 7.11. The van der Waals surface area contributed by atoms with Gasteiger partial charge in [-0.2, -0.15) is 0 Å². The Morgan fingerprint density at radius 1 is 1.07 bits per heavy atom. The smallest absolute Gasteiger partial charge is 0.323 e. The van der Waals surface area contributed by atoms with Crippen LogP contribution in [0.5, 0.6) is 0 Å². The SMILES string of the molecule is CCC1(C(=O)N2CCc3ccccc32)CCc2c(c3ccccc3n2CC(=O)O)C1. The molecule has 1 N–H and O–H groups in total. The van der Waals surface area contributed by atoms with Crippen molar-refractivity contribution in [3.8, 4) is 0 Å². The van der Waals surface area contributed by atoms with E-state index in [9.17, 15) is 14.7 Å². The Morgan fingerprint density at radius 2 is 1.83 bits per heavy atom. The Balaban J connectivity index is 1.57. The molecule has 1 aliphatic carbocycles. The lowest BCUT2D eigenvalue weighted by Crippen LogP contribution is -2.46. The normalized spacial score (nSPS) is 20.2. The monoisotopic (exact) mass is 402 g/mol. The molecule has 1 atom stereocenters. The molecule has 0 bridgehead atoms. The zero-order valence-electron chi connectivity index (χ0n) is 17.2. The second kappa shape index (κ2) is 7.01. The number of rotatable bonds is 4. The quantitative estimate of drug-likeness (QED) is 0.711. The number of carbonyl (C=O) groups excluding carboxylic acids is 1. The summed E-state index contributed by atoms with van der Waals surface area (Å²) in [4.78, 5) is 27.4. The molecule has 2 aliphatic rings. The van der Waals surface area contributed by atoms with E-state index < -0.39 is 11.4 Å². The second-order valence-electron chi connectivity index (χ2n) is 8.57. The van der Waals surface area contributed by atoms with E-state index in [1.54, 1.807) is 0 Å². The maximum Gasteiger partial charge on any atom is 0.323 e. The van der Waals surface area contributed by atoms with Gasteiger partial charge in [0, 0.05) is 28.8 Å². The summed E-state index contributed by atoms with van der Waals surface area (Å²) in [7, 11) is 0. The lowest BCUT2D eigenvalue weighted by molar-refractivity contribution is -0.137. The predicted octanol–water partition coefficient (Wildman–Crippen LogP) is 4.20. The van der Waals surface area contributed by atoms with E-state index in [0.717, 1.165) is 60.1 Å². The Hall–Kier alpha value is -3.08. The van der Waals surface area contributed by atoms with Crippen LogP contribution in [0.2, 0.25) is 0 Å². The lowest BCUT2D eigenvalue weighted by atomic mass is 9.70. The van der Waals surface area contributed by atoms with Gasteiger partial charge in [0.2, 0.25) is 5.91 Å². The van der Waals surface area contributed by atoms with E-state index in [1.807, 2.05) is 39.8 Å². The number of aliphatic carboxylic acids is 1. The molecule has 1 amide bonds. The molecule has 1 aliphatic heterocycles. The summed E-state index contributed by atoms with van der Waals surface area (Å²) in [5.74, 6) is -0.619. The minimum Gasteiger partial charge on any atom is -0.480 e. The summed E-state index contributed by atoms with van der Waals surface area (Å²) < 4.78 is 1.93. The largest absolute Gasteiger partial charge is 0.480 e. The Kier molecular flexibility index (Phi) is 4.42. The number of para-hydroxylation sites is 2. The number of anilines is 1. The Bertz CT molecular complexity index is 1160. The zero-order valence-corrected chi connectivity index (χ0v) is 17.2. The number of aromatic nitrogens is 1. The van der Waals surface area contributed by atoms with Gasteiger partial charge >= 0.3 is 5.97 Å². The molecule has 1 aromatic heterocycles. The maximum absolute atomic E-state index is 13.9. The van der Waals surface area contributed by atoms with Crippen molar-refractivity contribution in [2.45, 2.75) is 45.6 Å². The van der Waals surface area contributed by atoms with E-state index in [-0.39, 0.29) is 12.5 Å². The molecular formula is C25H26N2O3. The zero-order chi connectivity index (χ0) is 20.9. The van der Waals surface area contributed by atoms with Crippen LogP contribution in [0.15, 0.2) is 48.5 Å². The van der Waals surface area contributed by atoms with E-state index in [1.165, 1.54) is 5.56 Å². The molecular weight excluding hydrogens is 376 g/mol. The van der Waals surface area contributed by atoms with Gasteiger partial charge in [-0.05, 0) is 55.4 Å². The van der Waals surface area contributed by atoms with Gasteiger partial charge in [-0.25, -0.2) is 0 Å². The van der Waals surface area contributed by atoms with Gasteiger partial charge in [-0.3, -0.25) is 9.59 Å². The first-order chi connectivity index (χ1) is 14.5. The Labute approximate surface area is 175 Å². The fourth-order valence-electron chi connectivity index (χ4n) is 5.48. The highest BCUT2D eigenvalue weighted by molar-refractivity contribution is 6.00. The molecule has 1 unspecified atom stereocenters. The van der Waals surface area contributed by atoms with Crippen LogP contribution >= 0.6 is 0 Å². The summed E-state index contributed by atoms with van der Waals surface area (Å²) in [5, 5.41) is 10.5. The molecule has 154 valence electrons. The van der Waals surface area contributed by atoms with Gasteiger partial charge in [0.25, 0.3) is 0 Å². The van der Waals surface area contributed by atoms with Crippen molar-refractivity contribution in [1.29, 1.82) is 0 Å². The van der Waals surface area contributed by atoms with Gasteiger partial charge in [-0.1, -0.05) is 43.3 Å². The average Bonchev–Trinajstić information content (AvgIpc) is 3.32. The van der Waals surface area contributed by atoms with E-state index in [2.05, 4.69) is 25.1 Å². The fraction of sp³-hybridized carbons (Fsp3) is 0.360. The molecule has 0 radical (unpaired) electrons. The van der Waals surface area contributed by atoms with E-state index >= 15 is 0 Å². The van der Waals surface area contributed by atoms with Gasteiger partial charge in [0.1, 0.15) is 6.54 Å². The standard InChI is InChI=1S/C25H26N2O3/c1-2-25(24(30)26-14-12-17-7-3-5-9-20(17)26)13-11-22-19(15-25)18-8-4-6-10-21(18)27(22)16-23(28)29/h3-10H,2,11-16H2,1H3,(H,28,29). The van der Waals surface area contributed by atoms with Crippen LogP contribution in [0.1, 0.15) is 36.6 Å². The van der Waals surface area contributed by atoms with Gasteiger partial charge in [0.15, 0.2) is 0 Å². The molecule has 3 aromatic rings. The third kappa shape index (κ3) is 2.76. The first-order valence-electron chi connectivity index (χ1n) is 10.7. The maximum atomic E-state index is 13.9. The topological polar surface area (TPSA) is 62.5 Å². The van der Waals surface area contributed by atoms with Crippen molar-refractivity contribution in [1.82, 2.24) is 4.57 Å². The van der Waals surface area contributed by atoms with Gasteiger partial charge in [0.05, 0.1) is 5.41 Å². The van der Waals surface area contributed by atoms with Crippen molar-refractivity contribution in [3.63, 3.8) is 0 Å². The minimum atomic E-state index is -0.837. The van der Waals surface area contributed by atoms with Crippen molar-refractivity contribution in [2.75, 3.05) is 11.4 Å². The van der Waals surface area contributed by atoms with Crippen LogP contribution in [0.4, 0.5) is 5.69 Å². The highest BCUT2D eigenvalue weighted by Crippen LogP contribution is 2.45. The van der Waals surface area contributed by atoms with Crippen LogP contribution in [0.25, 0.3) is 10.9 Å². The lowest BCUT2D eigenvalue weighted by Gasteiger charge is -2.38. The molecule has 0 fully saturated rings. The third-order valence-corrected chi connectivity index (χ3v) is 7.11. The number of hydrogen-bond acceptors (Lipinski definition) is 2. The first-order valence-corrected chi connectivity index (χ1v) is 10.7. The average molecular weight is 402 g/mol. The van der Waals surface area contributed by atoms with Crippen LogP contribution in [-0.2, 0) is 35.4 Å². The van der Waals surface area contributed by atoms with Crippen molar-refractivity contribution in [2.24, 2.45) is 5.41 Å². The fourth-order valence-corrected chi connectivity index (χ4v) is 5.48. The van der Waals surface area contributed by atoms with E-state index in [4.69, 9.17) is 0 Å².